The van der Waals surface area contributed by atoms with Crippen molar-refractivity contribution < 1.29 is 0 Å². The second kappa shape index (κ2) is 5.13. The lowest BCUT2D eigenvalue weighted by atomic mass is 9.96. The first-order chi connectivity index (χ1) is 5.42. The van der Waals surface area contributed by atoms with E-state index in [-0.39, 0.29) is 0 Å². The van der Waals surface area contributed by atoms with E-state index in [1.807, 2.05) is 6.92 Å². The Hall–Kier alpha value is -0.590. The van der Waals surface area contributed by atoms with Crippen LogP contribution in [0.3, 0.4) is 0 Å². The second-order valence-electron chi connectivity index (χ2n) is 4.44. The smallest absolute Gasteiger partial charge is 0.00583 e. The summed E-state index contributed by atoms with van der Waals surface area (Å²) in [4.78, 5) is 0. The lowest BCUT2D eigenvalue weighted by molar-refractivity contribution is 0.541. The van der Waals surface area contributed by atoms with Crippen LogP contribution in [0.15, 0.2) is 12.2 Å². The summed E-state index contributed by atoms with van der Waals surface area (Å²) < 4.78 is 0. The molecule has 0 aromatic rings. The molecule has 0 rings (SSSR count). The van der Waals surface area contributed by atoms with Gasteiger partial charge in [0, 0.05) is 5.71 Å². The maximum atomic E-state index is 7.23. The average Bonchev–Trinajstić information content (AvgIpc) is 1.83. The Kier molecular flexibility index (Phi) is 4.87. The van der Waals surface area contributed by atoms with E-state index in [0.717, 1.165) is 25.0 Å². The first kappa shape index (κ1) is 11.4. The Balaban J connectivity index is 3.43. The van der Waals surface area contributed by atoms with Crippen molar-refractivity contribution in [3.05, 3.63) is 12.2 Å². The largest absolute Gasteiger partial charge is 0.310 e. The van der Waals surface area contributed by atoms with Crippen LogP contribution in [0, 0.1) is 10.8 Å². The van der Waals surface area contributed by atoms with E-state index in [2.05, 4.69) is 32.9 Å². The number of allylic oxidation sites excluding steroid dienone is 2. The summed E-state index contributed by atoms with van der Waals surface area (Å²) in [5.41, 5.74) is 1.10. The van der Waals surface area contributed by atoms with Crippen molar-refractivity contribution in [2.75, 3.05) is 0 Å². The Morgan fingerprint density at radius 1 is 1.33 bits per heavy atom. The quantitative estimate of drug-likeness (QED) is 0.374. The molecule has 0 fully saturated rings. The summed E-state index contributed by atoms with van der Waals surface area (Å²) in [6.45, 7) is 8.47. The Labute approximate surface area is 76.4 Å². The normalized spacial score (nSPS) is 12.3. The van der Waals surface area contributed by atoms with Crippen LogP contribution < -0.4 is 0 Å². The van der Waals surface area contributed by atoms with E-state index in [9.17, 15) is 0 Å². The Morgan fingerprint density at radius 2 is 1.92 bits per heavy atom. The van der Waals surface area contributed by atoms with Gasteiger partial charge in [-0.2, -0.15) is 0 Å². The van der Waals surface area contributed by atoms with Crippen LogP contribution in [0.25, 0.3) is 0 Å². The van der Waals surface area contributed by atoms with Crippen molar-refractivity contribution in [3.63, 3.8) is 0 Å². The molecular weight excluding hydrogens is 146 g/mol. The van der Waals surface area contributed by atoms with Crippen molar-refractivity contribution in [2.45, 2.75) is 47.0 Å². The molecule has 0 radical (unpaired) electrons. The fraction of sp³-hybridized carbons (Fsp3) is 0.727. The van der Waals surface area contributed by atoms with Crippen molar-refractivity contribution in [2.24, 2.45) is 5.41 Å². The minimum atomic E-state index is 0.305. The highest BCUT2D eigenvalue weighted by atomic mass is 14.4. The van der Waals surface area contributed by atoms with E-state index in [0.29, 0.717) is 5.41 Å². The van der Waals surface area contributed by atoms with Crippen molar-refractivity contribution in [1.82, 2.24) is 0 Å². The van der Waals surface area contributed by atoms with Gasteiger partial charge in [0.15, 0.2) is 0 Å². The molecule has 0 saturated carbocycles. The van der Waals surface area contributed by atoms with Gasteiger partial charge in [0.25, 0.3) is 0 Å². The minimum absolute atomic E-state index is 0.305. The van der Waals surface area contributed by atoms with E-state index < -0.39 is 0 Å². The summed E-state index contributed by atoms with van der Waals surface area (Å²) in [7, 11) is 0. The zero-order valence-electron chi connectivity index (χ0n) is 8.78. The third kappa shape index (κ3) is 9.41. The first-order valence-corrected chi connectivity index (χ1v) is 4.63. The SMILES string of the molecule is CC(=N)CCC/C=C/C(C)(C)C. The van der Waals surface area contributed by atoms with E-state index >= 15 is 0 Å². The van der Waals surface area contributed by atoms with Gasteiger partial charge >= 0.3 is 0 Å². The van der Waals surface area contributed by atoms with Gasteiger partial charge in [-0.15, -0.1) is 0 Å². The number of nitrogens with one attached hydrogen (secondary N) is 1. The van der Waals surface area contributed by atoms with E-state index in [4.69, 9.17) is 5.41 Å². The summed E-state index contributed by atoms with van der Waals surface area (Å²) in [5, 5.41) is 7.23. The number of hydrogen-bond acceptors (Lipinski definition) is 1. The van der Waals surface area contributed by atoms with Gasteiger partial charge in [-0.3, -0.25) is 0 Å². The maximum Gasteiger partial charge on any atom is 0.00583 e. The lowest BCUT2D eigenvalue weighted by Gasteiger charge is -2.10. The molecule has 0 aliphatic rings. The van der Waals surface area contributed by atoms with Crippen LogP contribution in [0.4, 0.5) is 0 Å². The summed E-state index contributed by atoms with van der Waals surface area (Å²) in [6.07, 6.45) is 7.62. The van der Waals surface area contributed by atoms with Gasteiger partial charge in [-0.1, -0.05) is 32.9 Å². The van der Waals surface area contributed by atoms with Crippen LogP contribution in [0.1, 0.15) is 47.0 Å². The molecule has 0 aromatic carbocycles. The second-order valence-corrected chi connectivity index (χ2v) is 4.44. The highest BCUT2D eigenvalue weighted by Crippen LogP contribution is 2.15. The summed E-state index contributed by atoms with van der Waals surface area (Å²) >= 11 is 0. The molecule has 0 aliphatic carbocycles. The minimum Gasteiger partial charge on any atom is -0.310 e. The number of unbranched alkanes of at least 4 members (excludes halogenated alkanes) is 1. The van der Waals surface area contributed by atoms with Gasteiger partial charge in [0.2, 0.25) is 0 Å². The van der Waals surface area contributed by atoms with E-state index in [1.54, 1.807) is 0 Å². The highest BCUT2D eigenvalue weighted by Gasteiger charge is 2.02. The molecule has 1 N–H and O–H groups in total. The van der Waals surface area contributed by atoms with Gasteiger partial charge in [-0.05, 0) is 31.6 Å². The molecule has 0 spiro atoms. The van der Waals surface area contributed by atoms with Gasteiger partial charge in [-0.25, -0.2) is 0 Å². The zero-order chi connectivity index (χ0) is 9.61. The van der Waals surface area contributed by atoms with Crippen LogP contribution in [0.5, 0.6) is 0 Å². The van der Waals surface area contributed by atoms with Gasteiger partial charge in [0.05, 0.1) is 0 Å². The van der Waals surface area contributed by atoms with Crippen molar-refractivity contribution >= 4 is 5.71 Å². The third-order valence-electron chi connectivity index (χ3n) is 1.54. The molecule has 0 bridgehead atoms. The molecule has 0 amide bonds. The monoisotopic (exact) mass is 167 g/mol. The van der Waals surface area contributed by atoms with Crippen LogP contribution in [-0.4, -0.2) is 5.71 Å². The van der Waals surface area contributed by atoms with Crippen LogP contribution in [-0.2, 0) is 0 Å². The van der Waals surface area contributed by atoms with E-state index in [1.165, 1.54) is 0 Å². The molecule has 0 unspecified atom stereocenters. The molecular formula is C11H21N. The van der Waals surface area contributed by atoms with Gasteiger partial charge < -0.3 is 5.41 Å². The molecule has 1 nitrogen and oxygen atoms in total. The Morgan fingerprint density at radius 3 is 2.33 bits per heavy atom. The molecule has 0 aromatic heterocycles. The standard InChI is InChI=1S/C11H21N/c1-10(12)8-6-5-7-9-11(2,3)4/h7,9,12H,5-6,8H2,1-4H3/b9-7+,12-10?. The Bertz CT molecular complexity index is 160. The molecule has 12 heavy (non-hydrogen) atoms. The highest BCUT2D eigenvalue weighted by molar-refractivity contribution is 5.78. The molecule has 0 aliphatic heterocycles. The predicted octanol–water partition coefficient (Wildman–Crippen LogP) is 3.80. The van der Waals surface area contributed by atoms with Crippen LogP contribution in [0.2, 0.25) is 0 Å². The average molecular weight is 167 g/mol. The first-order valence-electron chi connectivity index (χ1n) is 4.63. The molecule has 0 atom stereocenters. The fourth-order valence-corrected chi connectivity index (χ4v) is 0.922. The van der Waals surface area contributed by atoms with Crippen molar-refractivity contribution in [1.29, 1.82) is 5.41 Å². The maximum absolute atomic E-state index is 7.23. The summed E-state index contributed by atoms with van der Waals surface area (Å²) in [6, 6.07) is 0. The number of hydrogen-bond donors (Lipinski definition) is 1. The molecule has 0 saturated heterocycles. The van der Waals surface area contributed by atoms with Gasteiger partial charge in [0.1, 0.15) is 0 Å². The number of rotatable bonds is 4. The summed E-state index contributed by atoms with van der Waals surface area (Å²) in [5.74, 6) is 0. The topological polar surface area (TPSA) is 23.9 Å². The zero-order valence-corrected chi connectivity index (χ0v) is 8.78. The fourth-order valence-electron chi connectivity index (χ4n) is 0.922. The third-order valence-corrected chi connectivity index (χ3v) is 1.54. The van der Waals surface area contributed by atoms with Crippen molar-refractivity contribution in [3.8, 4) is 0 Å². The molecule has 1 heteroatoms. The predicted molar refractivity (Wildman–Crippen MR) is 55.8 cm³/mol. The lowest BCUT2D eigenvalue weighted by Crippen LogP contribution is -1.98. The van der Waals surface area contributed by atoms with Crippen LogP contribution >= 0.6 is 0 Å². The molecule has 70 valence electrons. The molecule has 0 heterocycles.